The molecule has 0 atom stereocenters. The van der Waals surface area contributed by atoms with Crippen LogP contribution in [-0.2, 0) is 0 Å². The number of nitrogens with zero attached hydrogens (tertiary/aromatic N) is 3. The molecule has 9 nitrogen and oxygen atoms in total. The quantitative estimate of drug-likeness (QED) is 0.628. The second kappa shape index (κ2) is 7.89. The van der Waals surface area contributed by atoms with Crippen LogP contribution in [0.3, 0.4) is 0 Å². The van der Waals surface area contributed by atoms with Crippen molar-refractivity contribution in [3.05, 3.63) is 41.8 Å². The number of benzene rings is 1. The van der Waals surface area contributed by atoms with Crippen LogP contribution in [0.2, 0.25) is 5.02 Å². The Morgan fingerprint density at radius 3 is 2.69 bits per heavy atom. The Morgan fingerprint density at radius 2 is 1.85 bits per heavy atom. The van der Waals surface area contributed by atoms with Crippen LogP contribution in [0, 0.1) is 0 Å². The molecule has 1 aromatic carbocycles. The molecule has 10 heteroatoms. The minimum absolute atomic E-state index is 0. The van der Waals surface area contributed by atoms with E-state index in [9.17, 15) is 0 Å². The minimum atomic E-state index is 0. The number of halogens is 1. The van der Waals surface area contributed by atoms with Gasteiger partial charge >= 0.3 is 6.01 Å². The molecular weight excluding hydrogens is 362 g/mol. The van der Waals surface area contributed by atoms with Gasteiger partial charge in [0.05, 0.1) is 23.0 Å². The lowest BCUT2D eigenvalue weighted by Crippen LogP contribution is -2.11. The Kier molecular flexibility index (Phi) is 5.40. The van der Waals surface area contributed by atoms with Crippen molar-refractivity contribution in [1.29, 1.82) is 0 Å². The van der Waals surface area contributed by atoms with E-state index in [1.54, 1.807) is 6.20 Å². The molecule has 136 valence electrons. The highest BCUT2D eigenvalue weighted by atomic mass is 35.5. The zero-order valence-electron chi connectivity index (χ0n) is 13.6. The first-order chi connectivity index (χ1) is 12.3. The molecule has 2 aromatic heterocycles. The van der Waals surface area contributed by atoms with Crippen molar-refractivity contribution >= 4 is 11.6 Å². The summed E-state index contributed by atoms with van der Waals surface area (Å²) < 4.78 is 21.8. The van der Waals surface area contributed by atoms with Crippen LogP contribution in [0.5, 0.6) is 23.4 Å². The number of hydrogen-bond donors (Lipinski definition) is 2. The van der Waals surface area contributed by atoms with E-state index in [1.807, 2.05) is 18.2 Å². The maximum atomic E-state index is 5.72. The molecule has 26 heavy (non-hydrogen) atoms. The highest BCUT2D eigenvalue weighted by Gasteiger charge is 2.16. The fourth-order valence-electron chi connectivity index (χ4n) is 2.30. The van der Waals surface area contributed by atoms with Gasteiger partial charge in [0.25, 0.3) is 0 Å². The second-order valence-corrected chi connectivity index (χ2v) is 5.49. The number of H-pyrrole nitrogens is 1. The van der Waals surface area contributed by atoms with Crippen molar-refractivity contribution in [2.45, 2.75) is 0 Å². The molecular formula is C16H16ClN5O4. The van der Waals surface area contributed by atoms with E-state index in [0.717, 1.165) is 16.9 Å². The van der Waals surface area contributed by atoms with Crippen molar-refractivity contribution in [2.75, 3.05) is 20.0 Å². The summed E-state index contributed by atoms with van der Waals surface area (Å²) in [5, 5.41) is 7.37. The molecule has 1 aliphatic rings. The van der Waals surface area contributed by atoms with Gasteiger partial charge in [-0.1, -0.05) is 17.7 Å². The van der Waals surface area contributed by atoms with E-state index in [0.29, 0.717) is 16.7 Å². The van der Waals surface area contributed by atoms with E-state index in [1.165, 1.54) is 12.4 Å². The van der Waals surface area contributed by atoms with Crippen LogP contribution < -0.4 is 25.1 Å². The van der Waals surface area contributed by atoms with Gasteiger partial charge in [-0.3, -0.25) is 5.10 Å². The summed E-state index contributed by atoms with van der Waals surface area (Å²) in [7, 11) is 0. The van der Waals surface area contributed by atoms with Crippen LogP contribution in [-0.4, -0.2) is 40.2 Å². The maximum Gasteiger partial charge on any atom is 0.316 e. The van der Waals surface area contributed by atoms with Crippen molar-refractivity contribution in [1.82, 2.24) is 26.3 Å². The normalized spacial score (nSPS) is 11.7. The monoisotopic (exact) mass is 377 g/mol. The highest BCUT2D eigenvalue weighted by molar-refractivity contribution is 6.30. The molecule has 0 bridgehead atoms. The number of aromatic nitrogens is 4. The molecule has 4 N–H and O–H groups in total. The smallest absolute Gasteiger partial charge is 0.316 e. The van der Waals surface area contributed by atoms with Gasteiger partial charge in [-0.2, -0.15) is 0 Å². The van der Waals surface area contributed by atoms with Crippen molar-refractivity contribution < 1.29 is 18.9 Å². The molecule has 1 aliphatic heterocycles. The largest absolute Gasteiger partial charge is 0.473 e. The summed E-state index contributed by atoms with van der Waals surface area (Å²) in [6.45, 7) is 0.793. The van der Waals surface area contributed by atoms with Crippen LogP contribution in [0.4, 0.5) is 0 Å². The van der Waals surface area contributed by atoms with Gasteiger partial charge in [0.15, 0.2) is 11.5 Å². The predicted molar refractivity (Wildman–Crippen MR) is 93.2 cm³/mol. The zero-order chi connectivity index (χ0) is 17.1. The third-order valence-electron chi connectivity index (χ3n) is 3.44. The number of fused-ring (bicyclic) bond motifs is 1. The SMILES string of the molecule is Clc1cnc(OCCOc2n[nH]cc2-c2ccc3c(c2)OCO3)nc1.N. The number of rotatable bonds is 6. The van der Waals surface area contributed by atoms with Crippen molar-refractivity contribution in [3.63, 3.8) is 0 Å². The second-order valence-electron chi connectivity index (χ2n) is 5.05. The number of hydrogen-bond acceptors (Lipinski definition) is 8. The summed E-state index contributed by atoms with van der Waals surface area (Å²) in [6.07, 6.45) is 4.70. The summed E-state index contributed by atoms with van der Waals surface area (Å²) in [5.41, 5.74) is 1.73. The van der Waals surface area contributed by atoms with Gasteiger partial charge in [-0.25, -0.2) is 9.97 Å². The van der Waals surface area contributed by atoms with Crippen LogP contribution >= 0.6 is 11.6 Å². The fraction of sp³-hybridized carbons (Fsp3) is 0.188. The van der Waals surface area contributed by atoms with Crippen LogP contribution in [0.15, 0.2) is 36.8 Å². The molecule has 0 aliphatic carbocycles. The van der Waals surface area contributed by atoms with Crippen LogP contribution in [0.1, 0.15) is 0 Å². The molecule has 3 aromatic rings. The van der Waals surface area contributed by atoms with Gasteiger partial charge in [0, 0.05) is 6.20 Å². The molecule has 0 fully saturated rings. The third kappa shape index (κ3) is 3.79. The molecule has 0 spiro atoms. The van der Waals surface area contributed by atoms with Crippen molar-refractivity contribution in [2.24, 2.45) is 0 Å². The van der Waals surface area contributed by atoms with E-state index < -0.39 is 0 Å². The number of nitrogens with one attached hydrogen (secondary N) is 1. The summed E-state index contributed by atoms with van der Waals surface area (Å²) in [5.74, 6) is 1.90. The summed E-state index contributed by atoms with van der Waals surface area (Å²) in [4.78, 5) is 7.89. The van der Waals surface area contributed by atoms with Gasteiger partial charge < -0.3 is 25.1 Å². The Bertz CT molecular complexity index is 871. The summed E-state index contributed by atoms with van der Waals surface area (Å²) >= 11 is 5.72. The van der Waals surface area contributed by atoms with E-state index >= 15 is 0 Å². The lowest BCUT2D eigenvalue weighted by Gasteiger charge is -2.07. The standard InChI is InChI=1S/C16H13ClN4O4.H3N/c17-11-6-18-16(19-7-11)23-4-3-22-15-12(8-20-21-15)10-1-2-13-14(5-10)25-9-24-13;/h1-2,5-8H,3-4,9H2,(H,20,21);1H3. The minimum Gasteiger partial charge on any atom is -0.473 e. The predicted octanol–water partition coefficient (Wildman–Crippen LogP) is 2.87. The average Bonchev–Trinajstić information content (AvgIpc) is 3.28. The first kappa shape index (κ1) is 17.8. The Labute approximate surface area is 153 Å². The number of aromatic amines is 1. The van der Waals surface area contributed by atoms with Crippen LogP contribution in [0.25, 0.3) is 11.1 Å². The lowest BCUT2D eigenvalue weighted by molar-refractivity contribution is 0.174. The lowest BCUT2D eigenvalue weighted by atomic mass is 10.1. The Hall–Kier alpha value is -3.04. The van der Waals surface area contributed by atoms with Crippen molar-refractivity contribution in [3.8, 4) is 34.5 Å². The Morgan fingerprint density at radius 1 is 1.08 bits per heavy atom. The molecule has 0 radical (unpaired) electrons. The third-order valence-corrected chi connectivity index (χ3v) is 3.63. The fourth-order valence-corrected chi connectivity index (χ4v) is 2.40. The average molecular weight is 378 g/mol. The van der Waals surface area contributed by atoms with Gasteiger partial charge in [-0.05, 0) is 17.7 Å². The first-order valence-electron chi connectivity index (χ1n) is 7.46. The molecule has 4 rings (SSSR count). The molecule has 0 saturated carbocycles. The Balaban J connectivity index is 0.00000196. The molecule has 3 heterocycles. The van der Waals surface area contributed by atoms with E-state index in [-0.39, 0.29) is 32.2 Å². The molecule has 0 saturated heterocycles. The number of ether oxygens (including phenoxy) is 4. The van der Waals surface area contributed by atoms with E-state index in [4.69, 9.17) is 30.5 Å². The molecule has 0 unspecified atom stereocenters. The molecule has 0 amide bonds. The van der Waals surface area contributed by atoms with Gasteiger partial charge in [0.2, 0.25) is 12.7 Å². The highest BCUT2D eigenvalue weighted by Crippen LogP contribution is 2.37. The topological polar surface area (TPSA) is 126 Å². The zero-order valence-corrected chi connectivity index (χ0v) is 14.4. The summed E-state index contributed by atoms with van der Waals surface area (Å²) in [6, 6.07) is 5.91. The van der Waals surface area contributed by atoms with E-state index in [2.05, 4.69) is 20.2 Å². The van der Waals surface area contributed by atoms with Gasteiger partial charge in [-0.15, -0.1) is 5.10 Å². The first-order valence-corrected chi connectivity index (χ1v) is 7.84. The van der Waals surface area contributed by atoms with Gasteiger partial charge in [0.1, 0.15) is 13.2 Å². The maximum absolute atomic E-state index is 5.72.